The van der Waals surface area contributed by atoms with Gasteiger partial charge in [0.05, 0.1) is 0 Å². The molecule has 5 nitrogen and oxygen atoms in total. The molecule has 1 amide bonds. The molecule has 0 aliphatic carbocycles. The van der Waals surface area contributed by atoms with E-state index in [9.17, 15) is 9.59 Å². The second-order valence-electron chi connectivity index (χ2n) is 6.98. The second kappa shape index (κ2) is 6.43. The van der Waals surface area contributed by atoms with Crippen LogP contribution in [0, 0.1) is 0 Å². The summed E-state index contributed by atoms with van der Waals surface area (Å²) in [5.41, 5.74) is 2.09. The van der Waals surface area contributed by atoms with Crippen LogP contribution in [0.3, 0.4) is 0 Å². The average Bonchev–Trinajstić information content (AvgIpc) is 2.56. The van der Waals surface area contributed by atoms with Crippen molar-refractivity contribution in [2.75, 3.05) is 10.6 Å². The zero-order chi connectivity index (χ0) is 18.0. The number of amides is 1. The number of carbonyl (C=O) groups is 1. The number of benzene rings is 2. The fourth-order valence-electron chi connectivity index (χ4n) is 2.60. The molecule has 0 saturated carbocycles. The Labute approximate surface area is 146 Å². The first-order valence-corrected chi connectivity index (χ1v) is 8.13. The fourth-order valence-corrected chi connectivity index (χ4v) is 2.60. The first kappa shape index (κ1) is 16.8. The molecule has 0 aliphatic heterocycles. The Morgan fingerprint density at radius 1 is 0.960 bits per heavy atom. The minimum absolute atomic E-state index is 0.0385. The van der Waals surface area contributed by atoms with Crippen molar-refractivity contribution >= 4 is 28.2 Å². The van der Waals surface area contributed by atoms with Gasteiger partial charge in [-0.2, -0.15) is 0 Å². The Balaban J connectivity index is 1.81. The molecule has 0 radical (unpaired) electrons. The van der Waals surface area contributed by atoms with Crippen LogP contribution in [0.5, 0.6) is 0 Å². The number of aromatic nitrogens is 1. The molecule has 0 aliphatic rings. The highest BCUT2D eigenvalue weighted by molar-refractivity contribution is 6.05. The Morgan fingerprint density at radius 3 is 2.28 bits per heavy atom. The van der Waals surface area contributed by atoms with Crippen LogP contribution in [0.15, 0.2) is 59.5 Å². The summed E-state index contributed by atoms with van der Waals surface area (Å²) < 4.78 is 0. The number of anilines is 2. The number of pyridine rings is 1. The number of H-pyrrole nitrogens is 1. The van der Waals surface area contributed by atoms with Crippen molar-refractivity contribution in [3.05, 3.63) is 70.5 Å². The van der Waals surface area contributed by atoms with Crippen LogP contribution in [-0.2, 0) is 0 Å². The van der Waals surface area contributed by atoms with Crippen molar-refractivity contribution < 1.29 is 4.79 Å². The summed E-state index contributed by atoms with van der Waals surface area (Å²) in [4.78, 5) is 27.9. The van der Waals surface area contributed by atoms with E-state index in [1.54, 1.807) is 30.3 Å². The maximum absolute atomic E-state index is 12.5. The number of carbonyl (C=O) groups excluding carboxylic acids is 1. The minimum Gasteiger partial charge on any atom is -0.380 e. The first-order valence-electron chi connectivity index (χ1n) is 8.13. The van der Waals surface area contributed by atoms with Gasteiger partial charge in [0, 0.05) is 34.0 Å². The number of fused-ring (bicyclic) bond motifs is 1. The molecular formula is C20H21N3O2. The molecule has 3 N–H and O–H groups in total. The molecule has 0 atom stereocenters. The average molecular weight is 335 g/mol. The Hall–Kier alpha value is -3.08. The van der Waals surface area contributed by atoms with E-state index in [4.69, 9.17) is 0 Å². The molecule has 3 rings (SSSR count). The van der Waals surface area contributed by atoms with Crippen LogP contribution in [0.25, 0.3) is 10.9 Å². The Kier molecular flexibility index (Phi) is 4.31. The first-order chi connectivity index (χ1) is 11.8. The zero-order valence-electron chi connectivity index (χ0n) is 14.5. The smallest absolute Gasteiger partial charge is 0.261 e. The van der Waals surface area contributed by atoms with Gasteiger partial charge in [0.25, 0.3) is 5.91 Å². The topological polar surface area (TPSA) is 74.0 Å². The predicted molar refractivity (Wildman–Crippen MR) is 102 cm³/mol. The van der Waals surface area contributed by atoms with Gasteiger partial charge < -0.3 is 15.6 Å². The molecule has 25 heavy (non-hydrogen) atoms. The van der Waals surface area contributed by atoms with Crippen molar-refractivity contribution in [3.63, 3.8) is 0 Å². The quantitative estimate of drug-likeness (QED) is 0.677. The Morgan fingerprint density at radius 2 is 1.60 bits per heavy atom. The normalized spacial score (nSPS) is 11.3. The summed E-state index contributed by atoms with van der Waals surface area (Å²) in [6.07, 6.45) is 1.45. The molecule has 0 bridgehead atoms. The maximum atomic E-state index is 12.5. The van der Waals surface area contributed by atoms with Gasteiger partial charge in [-0.15, -0.1) is 0 Å². The van der Waals surface area contributed by atoms with E-state index in [-0.39, 0.29) is 16.5 Å². The summed E-state index contributed by atoms with van der Waals surface area (Å²) in [6.45, 7) is 6.23. The standard InChI is InChI=1S/C20H21N3O2/c1-20(2,3)23-14-10-8-13(9-11-14)22-19(25)16-12-21-17-7-5-4-6-15(17)18(16)24/h4-12,23H,1-3H3,(H,21,24)(H,22,25). The lowest BCUT2D eigenvalue weighted by Crippen LogP contribution is -2.26. The fraction of sp³-hybridized carbons (Fsp3) is 0.200. The molecule has 5 heteroatoms. The summed E-state index contributed by atoms with van der Waals surface area (Å²) in [5, 5.41) is 6.62. The van der Waals surface area contributed by atoms with Gasteiger partial charge in [0.2, 0.25) is 5.43 Å². The van der Waals surface area contributed by atoms with E-state index in [1.807, 2.05) is 18.2 Å². The van der Waals surface area contributed by atoms with Crippen LogP contribution in [-0.4, -0.2) is 16.4 Å². The van der Waals surface area contributed by atoms with Crippen LogP contribution < -0.4 is 16.1 Å². The van der Waals surface area contributed by atoms with Gasteiger partial charge >= 0.3 is 0 Å². The monoisotopic (exact) mass is 335 g/mol. The van der Waals surface area contributed by atoms with Crippen molar-refractivity contribution in [3.8, 4) is 0 Å². The molecule has 1 aromatic heterocycles. The van der Waals surface area contributed by atoms with E-state index >= 15 is 0 Å². The third-order valence-corrected chi connectivity index (χ3v) is 3.70. The van der Waals surface area contributed by atoms with E-state index in [2.05, 4.69) is 36.4 Å². The van der Waals surface area contributed by atoms with Crippen molar-refractivity contribution in [2.45, 2.75) is 26.3 Å². The summed E-state index contributed by atoms with van der Waals surface area (Å²) in [5.74, 6) is -0.427. The van der Waals surface area contributed by atoms with Gasteiger partial charge in [-0.1, -0.05) is 12.1 Å². The van der Waals surface area contributed by atoms with E-state index in [0.29, 0.717) is 16.6 Å². The highest BCUT2D eigenvalue weighted by Gasteiger charge is 2.13. The number of rotatable bonds is 3. The lowest BCUT2D eigenvalue weighted by molar-refractivity contribution is 0.102. The molecule has 0 saturated heterocycles. The SMILES string of the molecule is CC(C)(C)Nc1ccc(NC(=O)c2c[nH]c3ccccc3c2=O)cc1. The highest BCUT2D eigenvalue weighted by Crippen LogP contribution is 2.18. The van der Waals surface area contributed by atoms with Crippen molar-refractivity contribution in [1.29, 1.82) is 0 Å². The number of nitrogens with one attached hydrogen (secondary N) is 3. The molecule has 3 aromatic rings. The zero-order valence-corrected chi connectivity index (χ0v) is 14.5. The minimum atomic E-state index is -0.427. The van der Waals surface area contributed by atoms with Gasteiger partial charge in [0.15, 0.2) is 0 Å². The number of para-hydroxylation sites is 1. The third-order valence-electron chi connectivity index (χ3n) is 3.70. The van der Waals surface area contributed by atoms with Gasteiger partial charge in [-0.3, -0.25) is 9.59 Å². The molecular weight excluding hydrogens is 314 g/mol. The molecule has 0 unspecified atom stereocenters. The number of aromatic amines is 1. The van der Waals surface area contributed by atoms with E-state index in [1.165, 1.54) is 6.20 Å². The molecule has 1 heterocycles. The highest BCUT2D eigenvalue weighted by atomic mass is 16.2. The summed E-state index contributed by atoms with van der Waals surface area (Å²) in [7, 11) is 0. The number of hydrogen-bond donors (Lipinski definition) is 3. The van der Waals surface area contributed by atoms with Crippen LogP contribution >= 0.6 is 0 Å². The van der Waals surface area contributed by atoms with E-state index < -0.39 is 5.91 Å². The molecule has 2 aromatic carbocycles. The molecule has 0 fully saturated rings. The molecule has 128 valence electrons. The van der Waals surface area contributed by atoms with Crippen LogP contribution in [0.4, 0.5) is 11.4 Å². The van der Waals surface area contributed by atoms with Gasteiger partial charge in [0.1, 0.15) is 5.56 Å². The maximum Gasteiger partial charge on any atom is 0.261 e. The third kappa shape index (κ3) is 3.88. The lowest BCUT2D eigenvalue weighted by Gasteiger charge is -2.22. The van der Waals surface area contributed by atoms with Crippen LogP contribution in [0.2, 0.25) is 0 Å². The second-order valence-corrected chi connectivity index (χ2v) is 6.98. The van der Waals surface area contributed by atoms with Crippen molar-refractivity contribution in [1.82, 2.24) is 4.98 Å². The molecule has 0 spiro atoms. The summed E-state index contributed by atoms with van der Waals surface area (Å²) >= 11 is 0. The lowest BCUT2D eigenvalue weighted by atomic mass is 10.1. The summed E-state index contributed by atoms with van der Waals surface area (Å²) in [6, 6.07) is 14.5. The van der Waals surface area contributed by atoms with Crippen molar-refractivity contribution in [2.24, 2.45) is 0 Å². The predicted octanol–water partition coefficient (Wildman–Crippen LogP) is 3.99. The van der Waals surface area contributed by atoms with Gasteiger partial charge in [-0.25, -0.2) is 0 Å². The largest absolute Gasteiger partial charge is 0.380 e. The number of hydrogen-bond acceptors (Lipinski definition) is 3. The van der Waals surface area contributed by atoms with E-state index in [0.717, 1.165) is 5.69 Å². The van der Waals surface area contributed by atoms with Crippen LogP contribution in [0.1, 0.15) is 31.1 Å². The van der Waals surface area contributed by atoms with Gasteiger partial charge in [-0.05, 0) is 57.2 Å². The Bertz CT molecular complexity index is 967.